The molecule has 1 aromatic heterocycles. The van der Waals surface area contributed by atoms with Gasteiger partial charge in [-0.05, 0) is 29.8 Å². The van der Waals surface area contributed by atoms with Crippen molar-refractivity contribution in [3.8, 4) is 11.5 Å². The Bertz CT molecular complexity index is 599. The molecule has 1 N–H and O–H groups in total. The first-order valence-electron chi connectivity index (χ1n) is 6.14. The molecule has 0 bridgehead atoms. The van der Waals surface area contributed by atoms with Gasteiger partial charge >= 0.3 is 0 Å². The van der Waals surface area contributed by atoms with Crippen LogP contribution in [0.2, 0.25) is 0 Å². The number of para-hydroxylation sites is 1. The van der Waals surface area contributed by atoms with Crippen LogP contribution in [0, 0.1) is 0 Å². The van der Waals surface area contributed by atoms with Gasteiger partial charge in [0.2, 0.25) is 0 Å². The van der Waals surface area contributed by atoms with Crippen molar-refractivity contribution >= 4 is 5.91 Å². The van der Waals surface area contributed by atoms with Gasteiger partial charge in [-0.15, -0.1) is 0 Å². The second kappa shape index (κ2) is 6.06. The predicted octanol–water partition coefficient (Wildman–Crippen LogP) is 2.07. The highest BCUT2D eigenvalue weighted by Gasteiger charge is 2.18. The highest BCUT2D eigenvalue weighted by Crippen LogP contribution is 2.30. The fourth-order valence-corrected chi connectivity index (χ4v) is 1.90. The van der Waals surface area contributed by atoms with E-state index < -0.39 is 0 Å². The van der Waals surface area contributed by atoms with Crippen molar-refractivity contribution in [3.63, 3.8) is 0 Å². The molecule has 0 atom stereocenters. The van der Waals surface area contributed by atoms with E-state index in [0.29, 0.717) is 6.54 Å². The summed E-state index contributed by atoms with van der Waals surface area (Å²) < 4.78 is 5.00. The van der Waals surface area contributed by atoms with E-state index in [2.05, 4.69) is 4.98 Å². The number of aromatic nitrogens is 1. The molecule has 0 fully saturated rings. The zero-order valence-corrected chi connectivity index (χ0v) is 11.4. The van der Waals surface area contributed by atoms with Crippen molar-refractivity contribution in [3.05, 3.63) is 53.9 Å². The third-order valence-corrected chi connectivity index (χ3v) is 2.97. The molecule has 0 aliphatic rings. The molecule has 20 heavy (non-hydrogen) atoms. The van der Waals surface area contributed by atoms with Gasteiger partial charge in [0, 0.05) is 26.0 Å². The number of methoxy groups -OCH3 is 1. The van der Waals surface area contributed by atoms with Gasteiger partial charge in [-0.1, -0.05) is 6.07 Å². The molecule has 0 saturated carbocycles. The summed E-state index contributed by atoms with van der Waals surface area (Å²) in [6.45, 7) is 0.442. The predicted molar refractivity (Wildman–Crippen MR) is 74.7 cm³/mol. The van der Waals surface area contributed by atoms with Crippen LogP contribution in [0.25, 0.3) is 0 Å². The second-order valence-corrected chi connectivity index (χ2v) is 4.37. The summed E-state index contributed by atoms with van der Waals surface area (Å²) in [7, 11) is 3.13. The van der Waals surface area contributed by atoms with Crippen LogP contribution in [0.5, 0.6) is 11.5 Å². The molecular weight excluding hydrogens is 256 g/mol. The highest BCUT2D eigenvalue weighted by molar-refractivity contribution is 5.97. The number of carbonyl (C=O) groups excluding carboxylic acids is 1. The third-order valence-electron chi connectivity index (χ3n) is 2.97. The summed E-state index contributed by atoms with van der Waals surface area (Å²) >= 11 is 0. The molecule has 0 aliphatic heterocycles. The molecule has 0 saturated heterocycles. The van der Waals surface area contributed by atoms with Gasteiger partial charge in [0.1, 0.15) is 0 Å². The number of carbonyl (C=O) groups is 1. The highest BCUT2D eigenvalue weighted by atomic mass is 16.5. The van der Waals surface area contributed by atoms with Crippen LogP contribution in [-0.4, -0.2) is 35.1 Å². The molecule has 2 rings (SSSR count). The van der Waals surface area contributed by atoms with E-state index >= 15 is 0 Å². The SMILES string of the molecule is COc1cccc(C(=O)N(C)Cc2ccncc2)c1O. The number of amides is 1. The number of nitrogens with zero attached hydrogens (tertiary/aromatic N) is 2. The molecule has 1 heterocycles. The number of aromatic hydroxyl groups is 1. The van der Waals surface area contributed by atoms with Crippen LogP contribution >= 0.6 is 0 Å². The maximum absolute atomic E-state index is 12.3. The maximum atomic E-state index is 12.3. The largest absolute Gasteiger partial charge is 0.504 e. The molecular formula is C15H16N2O3. The Balaban J connectivity index is 2.19. The van der Waals surface area contributed by atoms with Crippen LogP contribution < -0.4 is 4.74 Å². The number of phenols is 1. The van der Waals surface area contributed by atoms with E-state index in [9.17, 15) is 9.90 Å². The van der Waals surface area contributed by atoms with Gasteiger partial charge in [0.25, 0.3) is 5.91 Å². The van der Waals surface area contributed by atoms with Crippen LogP contribution in [0.3, 0.4) is 0 Å². The van der Waals surface area contributed by atoms with Crippen LogP contribution in [0.15, 0.2) is 42.7 Å². The summed E-state index contributed by atoms with van der Waals surface area (Å²) in [5, 5.41) is 9.99. The summed E-state index contributed by atoms with van der Waals surface area (Å²) in [6.07, 6.45) is 3.35. The first kappa shape index (κ1) is 13.9. The smallest absolute Gasteiger partial charge is 0.257 e. The Morgan fingerprint density at radius 1 is 1.30 bits per heavy atom. The van der Waals surface area contributed by atoms with Crippen molar-refractivity contribution in [2.45, 2.75) is 6.54 Å². The summed E-state index contributed by atoms with van der Waals surface area (Å²) in [5.41, 5.74) is 1.19. The summed E-state index contributed by atoms with van der Waals surface area (Å²) in [6, 6.07) is 8.54. The monoisotopic (exact) mass is 272 g/mol. The minimum absolute atomic E-state index is 0.137. The van der Waals surface area contributed by atoms with Gasteiger partial charge in [0.05, 0.1) is 12.7 Å². The minimum Gasteiger partial charge on any atom is -0.504 e. The van der Waals surface area contributed by atoms with Gasteiger partial charge in [-0.3, -0.25) is 9.78 Å². The first-order valence-corrected chi connectivity index (χ1v) is 6.14. The van der Waals surface area contributed by atoms with E-state index in [-0.39, 0.29) is 23.0 Å². The van der Waals surface area contributed by atoms with Crippen molar-refractivity contribution in [2.75, 3.05) is 14.2 Å². The summed E-state index contributed by atoms with van der Waals surface area (Å²) in [4.78, 5) is 17.8. The first-order chi connectivity index (χ1) is 9.63. The quantitative estimate of drug-likeness (QED) is 0.925. The van der Waals surface area contributed by atoms with Gasteiger partial charge < -0.3 is 14.7 Å². The maximum Gasteiger partial charge on any atom is 0.257 e. The molecule has 0 radical (unpaired) electrons. The molecule has 2 aromatic rings. The topological polar surface area (TPSA) is 62.7 Å². The number of hydrogen-bond acceptors (Lipinski definition) is 4. The molecule has 0 unspecified atom stereocenters. The standard InChI is InChI=1S/C15H16N2O3/c1-17(10-11-6-8-16-9-7-11)15(19)12-4-3-5-13(20-2)14(12)18/h3-9,18H,10H2,1-2H3. The number of benzene rings is 1. The van der Waals surface area contributed by atoms with E-state index in [0.717, 1.165) is 5.56 Å². The molecule has 1 aromatic carbocycles. The van der Waals surface area contributed by atoms with E-state index in [1.54, 1.807) is 37.6 Å². The van der Waals surface area contributed by atoms with Gasteiger partial charge in [-0.25, -0.2) is 0 Å². The van der Waals surface area contributed by atoms with Crippen molar-refractivity contribution < 1.29 is 14.6 Å². The third kappa shape index (κ3) is 2.88. The lowest BCUT2D eigenvalue weighted by Crippen LogP contribution is -2.26. The number of phenolic OH excluding ortho intramolecular Hbond substituents is 1. The second-order valence-electron chi connectivity index (χ2n) is 4.37. The number of ether oxygens (including phenoxy) is 1. The average Bonchev–Trinajstić information content (AvgIpc) is 2.48. The lowest BCUT2D eigenvalue weighted by atomic mass is 10.1. The lowest BCUT2D eigenvalue weighted by Gasteiger charge is -2.18. The van der Waals surface area contributed by atoms with Crippen LogP contribution in [0.4, 0.5) is 0 Å². The molecule has 5 nitrogen and oxygen atoms in total. The molecule has 104 valence electrons. The normalized spacial score (nSPS) is 10.1. The van der Waals surface area contributed by atoms with E-state index in [4.69, 9.17) is 4.74 Å². The Hall–Kier alpha value is -2.56. The van der Waals surface area contributed by atoms with E-state index in [1.807, 2.05) is 12.1 Å². The molecule has 1 amide bonds. The zero-order chi connectivity index (χ0) is 14.5. The van der Waals surface area contributed by atoms with Crippen LogP contribution in [0.1, 0.15) is 15.9 Å². The van der Waals surface area contributed by atoms with Crippen LogP contribution in [-0.2, 0) is 6.54 Å². The average molecular weight is 272 g/mol. The Morgan fingerprint density at radius 2 is 2.00 bits per heavy atom. The van der Waals surface area contributed by atoms with E-state index in [1.165, 1.54) is 12.0 Å². The Labute approximate surface area is 117 Å². The fraction of sp³-hybridized carbons (Fsp3) is 0.200. The fourth-order valence-electron chi connectivity index (χ4n) is 1.90. The number of hydrogen-bond donors (Lipinski definition) is 1. The number of pyridine rings is 1. The van der Waals surface area contributed by atoms with Crippen molar-refractivity contribution in [1.29, 1.82) is 0 Å². The van der Waals surface area contributed by atoms with Gasteiger partial charge in [-0.2, -0.15) is 0 Å². The lowest BCUT2D eigenvalue weighted by molar-refractivity contribution is 0.0781. The Morgan fingerprint density at radius 3 is 2.65 bits per heavy atom. The summed E-state index contributed by atoms with van der Waals surface area (Å²) in [5.74, 6) is -0.118. The zero-order valence-electron chi connectivity index (χ0n) is 11.4. The molecule has 0 aliphatic carbocycles. The minimum atomic E-state index is -0.266. The molecule has 0 spiro atoms. The van der Waals surface area contributed by atoms with Gasteiger partial charge in [0.15, 0.2) is 11.5 Å². The number of rotatable bonds is 4. The Kier molecular flexibility index (Phi) is 4.20. The van der Waals surface area contributed by atoms with Crippen molar-refractivity contribution in [2.24, 2.45) is 0 Å². The molecule has 5 heteroatoms. The van der Waals surface area contributed by atoms with Crippen molar-refractivity contribution in [1.82, 2.24) is 9.88 Å².